The molecule has 0 saturated heterocycles. The van der Waals surface area contributed by atoms with E-state index >= 15 is 0 Å². The Morgan fingerprint density at radius 3 is 1.69 bits per heavy atom. The molecule has 0 saturated carbocycles. The summed E-state index contributed by atoms with van der Waals surface area (Å²) in [4.78, 5) is 2.41. The van der Waals surface area contributed by atoms with Crippen molar-refractivity contribution in [1.82, 2.24) is 4.57 Å². The van der Waals surface area contributed by atoms with Crippen molar-refractivity contribution in [1.29, 1.82) is 0 Å². The molecule has 304 valence electrons. The van der Waals surface area contributed by atoms with E-state index in [2.05, 4.69) is 231 Å². The van der Waals surface area contributed by atoms with Crippen LogP contribution in [-0.2, 0) is 5.41 Å². The number of hydrogen-bond donors (Lipinski definition) is 0. The second-order valence-electron chi connectivity index (χ2n) is 18.6. The lowest BCUT2D eigenvalue weighted by Gasteiger charge is -2.29. The van der Waals surface area contributed by atoms with Gasteiger partial charge in [0.2, 0.25) is 0 Å². The summed E-state index contributed by atoms with van der Waals surface area (Å²) in [6.45, 7) is 8.99. The van der Waals surface area contributed by atoms with Crippen molar-refractivity contribution in [3.63, 3.8) is 0 Å². The van der Waals surface area contributed by atoms with Gasteiger partial charge in [-0.2, -0.15) is 0 Å². The van der Waals surface area contributed by atoms with E-state index in [0.29, 0.717) is 0 Å². The lowest BCUT2D eigenvalue weighted by atomic mass is 9.78. The highest BCUT2D eigenvalue weighted by atomic mass is 16.3. The molecule has 1 aliphatic carbocycles. The largest absolute Gasteiger partial charge is 0.454 e. The Balaban J connectivity index is 0.955. The molecule has 0 fully saturated rings. The highest BCUT2D eigenvalue weighted by molar-refractivity contribution is 6.14. The van der Waals surface area contributed by atoms with Crippen LogP contribution in [0.4, 0.5) is 17.1 Å². The number of rotatable bonds is 5. The van der Waals surface area contributed by atoms with Crippen LogP contribution in [0.25, 0.3) is 104 Å². The van der Waals surface area contributed by atoms with E-state index < -0.39 is 0 Å². The normalized spacial score (nSPS) is 12.4. The van der Waals surface area contributed by atoms with Crippen LogP contribution >= 0.6 is 0 Å². The number of aromatic nitrogens is 1. The number of hydrogen-bond acceptors (Lipinski definition) is 2. The van der Waals surface area contributed by atoms with Crippen LogP contribution in [-0.4, -0.2) is 4.57 Å². The molecule has 2 heterocycles. The first kappa shape index (κ1) is 36.7. The molecule has 12 aromatic rings. The molecule has 0 unspecified atom stereocenters. The Morgan fingerprint density at radius 1 is 0.422 bits per heavy atom. The fourth-order valence-corrected chi connectivity index (χ4v) is 10.5. The third-order valence-electron chi connectivity index (χ3n) is 13.7. The first-order chi connectivity index (χ1) is 31.3. The predicted octanol–water partition coefficient (Wildman–Crippen LogP) is 17.4. The SMILES string of the molecule is Cc1ccc(-c2ccccc2)cc1N(c1ccc2cc3c(cc2c1)-c1cc2ccc(-n4c5ccccc5c5ccccc54)cc2cc1-3)c1cccc2c1oc1c(C(C)(C)C)cccc12. The number of fused-ring (bicyclic) bond motifs is 12. The Hall–Kier alpha value is -7.88. The molecule has 64 heavy (non-hydrogen) atoms. The molecule has 0 amide bonds. The van der Waals surface area contributed by atoms with Crippen molar-refractivity contribution in [2.75, 3.05) is 4.90 Å². The van der Waals surface area contributed by atoms with Gasteiger partial charge in [0, 0.05) is 44.2 Å². The van der Waals surface area contributed by atoms with Gasteiger partial charge in [-0.15, -0.1) is 0 Å². The average Bonchev–Trinajstić information content (AvgIpc) is 3.87. The summed E-state index contributed by atoms with van der Waals surface area (Å²) in [5, 5.41) is 9.74. The van der Waals surface area contributed by atoms with Gasteiger partial charge in [0.1, 0.15) is 5.58 Å². The van der Waals surface area contributed by atoms with Gasteiger partial charge in [0.25, 0.3) is 0 Å². The van der Waals surface area contributed by atoms with Gasteiger partial charge in [0.15, 0.2) is 5.58 Å². The summed E-state index contributed by atoms with van der Waals surface area (Å²) in [5.41, 5.74) is 18.6. The zero-order valence-electron chi connectivity index (χ0n) is 36.3. The monoisotopic (exact) mass is 820 g/mol. The van der Waals surface area contributed by atoms with Gasteiger partial charge >= 0.3 is 0 Å². The van der Waals surface area contributed by atoms with Crippen LogP contribution < -0.4 is 4.90 Å². The molecule has 0 spiro atoms. The molecule has 0 aliphatic heterocycles. The van der Waals surface area contributed by atoms with Crippen molar-refractivity contribution < 1.29 is 4.42 Å². The smallest absolute Gasteiger partial charge is 0.159 e. The van der Waals surface area contributed by atoms with Gasteiger partial charge in [-0.3, -0.25) is 0 Å². The molecule has 3 nitrogen and oxygen atoms in total. The molecule has 0 N–H and O–H groups in total. The fraction of sp³-hybridized carbons (Fsp3) is 0.0820. The minimum atomic E-state index is -0.0744. The van der Waals surface area contributed by atoms with E-state index in [9.17, 15) is 0 Å². The molecule has 0 radical (unpaired) electrons. The van der Waals surface area contributed by atoms with Gasteiger partial charge in [0.05, 0.1) is 16.7 Å². The number of nitrogens with zero attached hydrogens (tertiary/aromatic N) is 2. The Kier molecular flexibility index (Phi) is 7.78. The Bertz CT molecular complexity index is 3840. The third-order valence-corrected chi connectivity index (χ3v) is 13.7. The zero-order valence-corrected chi connectivity index (χ0v) is 36.3. The van der Waals surface area contributed by atoms with Crippen LogP contribution in [0, 0.1) is 6.92 Å². The number of para-hydroxylation sites is 4. The molecule has 2 aromatic heterocycles. The molecule has 0 bridgehead atoms. The molecule has 10 aromatic carbocycles. The van der Waals surface area contributed by atoms with E-state index in [4.69, 9.17) is 4.42 Å². The summed E-state index contributed by atoms with van der Waals surface area (Å²) in [7, 11) is 0. The van der Waals surface area contributed by atoms with Crippen LogP contribution in [0.2, 0.25) is 0 Å². The van der Waals surface area contributed by atoms with Crippen molar-refractivity contribution in [2.45, 2.75) is 33.1 Å². The fourth-order valence-electron chi connectivity index (χ4n) is 10.5. The van der Waals surface area contributed by atoms with Crippen LogP contribution in [0.5, 0.6) is 0 Å². The lowest BCUT2D eigenvalue weighted by molar-refractivity contribution is 0.573. The molecule has 3 heteroatoms. The maximum atomic E-state index is 7.05. The maximum absolute atomic E-state index is 7.05. The van der Waals surface area contributed by atoms with E-state index in [1.54, 1.807) is 0 Å². The topological polar surface area (TPSA) is 21.3 Å². The van der Waals surface area contributed by atoms with Crippen molar-refractivity contribution in [2.24, 2.45) is 0 Å². The summed E-state index contributed by atoms with van der Waals surface area (Å²) in [5.74, 6) is 0. The molecule has 0 atom stereocenters. The van der Waals surface area contributed by atoms with Crippen molar-refractivity contribution in [3.8, 4) is 39.1 Å². The first-order valence-electron chi connectivity index (χ1n) is 22.3. The summed E-state index contributed by atoms with van der Waals surface area (Å²) in [6.07, 6.45) is 0. The third kappa shape index (κ3) is 5.47. The quantitative estimate of drug-likeness (QED) is 0.172. The maximum Gasteiger partial charge on any atom is 0.159 e. The van der Waals surface area contributed by atoms with E-state index in [0.717, 1.165) is 39.0 Å². The van der Waals surface area contributed by atoms with Crippen molar-refractivity contribution in [3.05, 3.63) is 205 Å². The lowest BCUT2D eigenvalue weighted by Crippen LogP contribution is -2.12. The number of furan rings is 1. The second kappa shape index (κ2) is 13.6. The number of benzene rings is 10. The molecular weight excluding hydrogens is 777 g/mol. The predicted molar refractivity (Wildman–Crippen MR) is 271 cm³/mol. The zero-order chi connectivity index (χ0) is 42.8. The van der Waals surface area contributed by atoms with Crippen LogP contribution in [0.1, 0.15) is 31.9 Å². The Labute approximate surface area is 372 Å². The highest BCUT2D eigenvalue weighted by Gasteiger charge is 2.27. The van der Waals surface area contributed by atoms with Crippen LogP contribution in [0.15, 0.2) is 199 Å². The van der Waals surface area contributed by atoms with Crippen LogP contribution in [0.3, 0.4) is 0 Å². The molecular formula is C61H44N2O. The van der Waals surface area contributed by atoms with Gasteiger partial charge in [-0.1, -0.05) is 142 Å². The minimum absolute atomic E-state index is 0.0744. The van der Waals surface area contributed by atoms with E-state index in [1.807, 2.05) is 0 Å². The minimum Gasteiger partial charge on any atom is -0.454 e. The Morgan fingerprint density at radius 2 is 1.00 bits per heavy atom. The molecule has 13 rings (SSSR count). The standard InChI is InChI=1S/C61H44N2O/c1-37-24-25-41(38-14-6-5-7-15-38)36-58(37)63(57-23-13-19-49-48-18-12-20-54(61(2,3)4)59(48)64-60(49)57)45-29-27-40-33-51-52-34-42-30-44(28-26-39(42)32-50(52)53(51)35-43(40)31-45)62-55-21-10-8-16-46(55)47-17-9-11-22-56(47)62/h5-36H,1-4H3. The summed E-state index contributed by atoms with van der Waals surface area (Å²) < 4.78 is 9.45. The molecule has 1 aliphatic rings. The van der Waals surface area contributed by atoms with Crippen molar-refractivity contribution >= 4 is 82.4 Å². The number of anilines is 3. The second-order valence-corrected chi connectivity index (χ2v) is 18.6. The van der Waals surface area contributed by atoms with E-state index in [-0.39, 0.29) is 5.41 Å². The van der Waals surface area contributed by atoms with E-state index in [1.165, 1.54) is 93.5 Å². The highest BCUT2D eigenvalue weighted by Crippen LogP contribution is 2.52. The average molecular weight is 821 g/mol. The summed E-state index contributed by atoms with van der Waals surface area (Å²) >= 11 is 0. The first-order valence-corrected chi connectivity index (χ1v) is 22.3. The van der Waals surface area contributed by atoms with Gasteiger partial charge in [-0.05, 0) is 146 Å². The van der Waals surface area contributed by atoms with Gasteiger partial charge < -0.3 is 13.9 Å². The summed E-state index contributed by atoms with van der Waals surface area (Å²) in [6, 6.07) is 71.5. The number of aryl methyl sites for hydroxylation is 1. The van der Waals surface area contributed by atoms with Gasteiger partial charge in [-0.25, -0.2) is 0 Å².